The summed E-state index contributed by atoms with van der Waals surface area (Å²) in [6, 6.07) is 27.0. The molecule has 0 aromatic heterocycles. The molecule has 0 unspecified atom stereocenters. The van der Waals surface area contributed by atoms with Crippen molar-refractivity contribution in [1.82, 2.24) is 4.72 Å². The highest BCUT2D eigenvalue weighted by molar-refractivity contribution is 7.89. The maximum absolute atomic E-state index is 13.2. The third kappa shape index (κ3) is 6.82. The number of carbonyl (C=O) groups excluding carboxylic acids is 1. The summed E-state index contributed by atoms with van der Waals surface area (Å²) < 4.78 is 34.6. The number of nitrogens with one attached hydrogen (secondary N) is 2. The molecule has 0 spiro atoms. The third-order valence-corrected chi connectivity index (χ3v) is 7.35. The first-order valence-corrected chi connectivity index (χ1v) is 13.6. The van der Waals surface area contributed by atoms with Gasteiger partial charge in [-0.25, -0.2) is 13.1 Å². The molecule has 4 N–H and O–H groups in total. The molecule has 9 heteroatoms. The number of anilines is 2. The molecule has 4 aromatic carbocycles. The Morgan fingerprint density at radius 3 is 2.23 bits per heavy atom. The van der Waals surface area contributed by atoms with Crippen molar-refractivity contribution < 1.29 is 17.9 Å². The maximum Gasteiger partial charge on any atom is 0.259 e. The summed E-state index contributed by atoms with van der Waals surface area (Å²) in [6.07, 6.45) is 0. The number of nitrogen functional groups attached to an aromatic ring is 1. The minimum absolute atomic E-state index is 0.168. The molecule has 0 atom stereocenters. The third-order valence-electron chi connectivity index (χ3n) is 5.53. The van der Waals surface area contributed by atoms with Gasteiger partial charge in [-0.15, -0.1) is 0 Å². The van der Waals surface area contributed by atoms with Crippen LogP contribution in [0.15, 0.2) is 95.9 Å². The van der Waals surface area contributed by atoms with E-state index in [1.807, 2.05) is 6.07 Å². The molecule has 0 radical (unpaired) electrons. The number of rotatable bonds is 7. The predicted molar refractivity (Wildman–Crippen MR) is 152 cm³/mol. The molecule has 1 amide bonds. The van der Waals surface area contributed by atoms with Crippen molar-refractivity contribution in [3.63, 3.8) is 0 Å². The molecule has 198 valence electrons. The van der Waals surface area contributed by atoms with Gasteiger partial charge < -0.3 is 15.8 Å². The molecule has 0 aliphatic heterocycles. The Morgan fingerprint density at radius 1 is 0.923 bits per heavy atom. The van der Waals surface area contributed by atoms with Crippen LogP contribution in [0.25, 0.3) is 11.1 Å². The van der Waals surface area contributed by atoms with Crippen molar-refractivity contribution >= 4 is 27.3 Å². The molecule has 0 heterocycles. The Bertz CT molecular complexity index is 1650. The van der Waals surface area contributed by atoms with Crippen LogP contribution in [0.1, 0.15) is 36.7 Å². The molecule has 4 rings (SSSR count). The molecular formula is C30H28N4O4S. The first kappa shape index (κ1) is 27.4. The maximum atomic E-state index is 13.2. The fraction of sp³-hybridized carbons (Fsp3) is 0.133. The highest BCUT2D eigenvalue weighted by atomic mass is 32.2. The standard InChI is InChI=1S/C30H28N4O4S/c1-30(2,3)34-39(36,37)28-7-5-4-6-25(28)21-10-13-23(14-11-21)33-29(35)26-18-22(32)12-17-27(26)38-24-15-8-20(19-31)9-16-24/h4-18,34H,32H2,1-3H3,(H,33,35). The highest BCUT2D eigenvalue weighted by Crippen LogP contribution is 2.31. The summed E-state index contributed by atoms with van der Waals surface area (Å²) in [5.74, 6) is 0.330. The van der Waals surface area contributed by atoms with Crippen LogP contribution in [-0.4, -0.2) is 19.9 Å². The predicted octanol–water partition coefficient (Wildman–Crippen LogP) is 5.93. The van der Waals surface area contributed by atoms with Gasteiger partial charge in [-0.3, -0.25) is 4.79 Å². The lowest BCUT2D eigenvalue weighted by Gasteiger charge is -2.21. The number of benzene rings is 4. The van der Waals surface area contributed by atoms with Crippen molar-refractivity contribution in [1.29, 1.82) is 5.26 Å². The highest BCUT2D eigenvalue weighted by Gasteiger charge is 2.24. The summed E-state index contributed by atoms with van der Waals surface area (Å²) in [5, 5.41) is 11.8. The van der Waals surface area contributed by atoms with E-state index in [2.05, 4.69) is 10.0 Å². The lowest BCUT2D eigenvalue weighted by Crippen LogP contribution is -2.40. The van der Waals surface area contributed by atoms with Crippen molar-refractivity contribution in [3.8, 4) is 28.7 Å². The fourth-order valence-corrected chi connectivity index (χ4v) is 5.52. The molecule has 39 heavy (non-hydrogen) atoms. The van der Waals surface area contributed by atoms with Gasteiger partial charge in [0.05, 0.1) is 22.1 Å². The number of hydrogen-bond donors (Lipinski definition) is 3. The Kier molecular flexibility index (Phi) is 7.72. The van der Waals surface area contributed by atoms with Crippen LogP contribution in [-0.2, 0) is 10.0 Å². The number of amides is 1. The van der Waals surface area contributed by atoms with Crippen LogP contribution in [0.5, 0.6) is 11.5 Å². The van der Waals surface area contributed by atoms with Crippen LogP contribution in [0.4, 0.5) is 11.4 Å². The van der Waals surface area contributed by atoms with E-state index < -0.39 is 21.5 Å². The van der Waals surface area contributed by atoms with E-state index in [4.69, 9.17) is 15.7 Å². The molecule has 0 fully saturated rings. The largest absolute Gasteiger partial charge is 0.457 e. The van der Waals surface area contributed by atoms with E-state index in [-0.39, 0.29) is 10.5 Å². The van der Waals surface area contributed by atoms with Gasteiger partial charge in [0.1, 0.15) is 11.5 Å². The lowest BCUT2D eigenvalue weighted by molar-refractivity contribution is 0.102. The van der Waals surface area contributed by atoms with Crippen LogP contribution in [0, 0.1) is 11.3 Å². The number of nitrogens with two attached hydrogens (primary N) is 1. The molecule has 4 aromatic rings. The van der Waals surface area contributed by atoms with Gasteiger partial charge in [0.2, 0.25) is 10.0 Å². The van der Waals surface area contributed by atoms with Crippen LogP contribution < -0.4 is 20.5 Å². The Hall–Kier alpha value is -4.65. The molecule has 0 aliphatic rings. The summed E-state index contributed by atoms with van der Waals surface area (Å²) >= 11 is 0. The minimum Gasteiger partial charge on any atom is -0.457 e. The summed E-state index contributed by atoms with van der Waals surface area (Å²) in [4.78, 5) is 13.3. The second-order valence-electron chi connectivity index (χ2n) is 9.88. The average Bonchev–Trinajstić information content (AvgIpc) is 2.89. The molecule has 8 nitrogen and oxygen atoms in total. The average molecular weight is 541 g/mol. The van der Waals surface area contributed by atoms with E-state index in [0.717, 1.165) is 0 Å². The van der Waals surface area contributed by atoms with E-state index in [9.17, 15) is 13.2 Å². The van der Waals surface area contributed by atoms with Gasteiger partial charge in [-0.1, -0.05) is 30.3 Å². The number of hydrogen-bond acceptors (Lipinski definition) is 6. The monoisotopic (exact) mass is 540 g/mol. The number of nitriles is 1. The molecule has 0 aliphatic carbocycles. The van der Waals surface area contributed by atoms with Gasteiger partial charge in [-0.05, 0) is 87.0 Å². The Balaban J connectivity index is 1.56. The normalized spacial score (nSPS) is 11.4. The topological polar surface area (TPSA) is 134 Å². The van der Waals surface area contributed by atoms with E-state index in [1.54, 1.807) is 106 Å². The Morgan fingerprint density at radius 2 is 1.59 bits per heavy atom. The second kappa shape index (κ2) is 11.0. The first-order chi connectivity index (χ1) is 18.4. The summed E-state index contributed by atoms with van der Waals surface area (Å²) in [5.41, 5.74) is 8.14. The zero-order chi connectivity index (χ0) is 28.2. The van der Waals surface area contributed by atoms with Crippen molar-refractivity contribution in [2.75, 3.05) is 11.1 Å². The molecule has 0 saturated heterocycles. The van der Waals surface area contributed by atoms with Crippen LogP contribution in [0.3, 0.4) is 0 Å². The summed E-state index contributed by atoms with van der Waals surface area (Å²) in [7, 11) is -3.76. The van der Waals surface area contributed by atoms with Crippen molar-refractivity contribution in [2.24, 2.45) is 0 Å². The van der Waals surface area contributed by atoms with Gasteiger partial charge >= 0.3 is 0 Å². The van der Waals surface area contributed by atoms with Gasteiger partial charge in [0.15, 0.2) is 0 Å². The number of ether oxygens (including phenoxy) is 1. The van der Waals surface area contributed by atoms with E-state index in [0.29, 0.717) is 39.6 Å². The quantitative estimate of drug-likeness (QED) is 0.249. The molecule has 0 bridgehead atoms. The van der Waals surface area contributed by atoms with Gasteiger partial charge in [-0.2, -0.15) is 5.26 Å². The number of nitrogens with zero attached hydrogens (tertiary/aromatic N) is 1. The second-order valence-corrected chi connectivity index (χ2v) is 11.5. The molecule has 0 saturated carbocycles. The van der Waals surface area contributed by atoms with Crippen LogP contribution >= 0.6 is 0 Å². The van der Waals surface area contributed by atoms with Gasteiger partial charge in [0.25, 0.3) is 5.91 Å². The van der Waals surface area contributed by atoms with Crippen LogP contribution in [0.2, 0.25) is 0 Å². The SMILES string of the molecule is CC(C)(C)NS(=O)(=O)c1ccccc1-c1ccc(NC(=O)c2cc(N)ccc2Oc2ccc(C#N)cc2)cc1. The number of sulfonamides is 1. The van der Waals surface area contributed by atoms with E-state index >= 15 is 0 Å². The summed E-state index contributed by atoms with van der Waals surface area (Å²) in [6.45, 7) is 5.35. The molecular weight excluding hydrogens is 512 g/mol. The first-order valence-electron chi connectivity index (χ1n) is 12.1. The lowest BCUT2D eigenvalue weighted by atomic mass is 10.1. The minimum atomic E-state index is -3.76. The zero-order valence-corrected chi connectivity index (χ0v) is 22.5. The fourth-order valence-electron chi connectivity index (χ4n) is 3.87. The Labute approximate surface area is 228 Å². The zero-order valence-electron chi connectivity index (χ0n) is 21.7. The van der Waals surface area contributed by atoms with Crippen molar-refractivity contribution in [2.45, 2.75) is 31.2 Å². The van der Waals surface area contributed by atoms with Crippen molar-refractivity contribution in [3.05, 3.63) is 102 Å². The van der Waals surface area contributed by atoms with Gasteiger partial charge in [0, 0.05) is 22.5 Å². The van der Waals surface area contributed by atoms with E-state index in [1.165, 1.54) is 6.07 Å². The number of carbonyl (C=O) groups is 1. The smallest absolute Gasteiger partial charge is 0.259 e.